The fraction of sp³-hybridized carbons (Fsp3) is 0. The van der Waals surface area contributed by atoms with Crippen LogP contribution < -0.4 is 0 Å². The number of hydrogen-bond donors (Lipinski definition) is 2. The van der Waals surface area contributed by atoms with E-state index in [1.807, 2.05) is 24.3 Å². The minimum absolute atomic E-state index is 0.285. The Morgan fingerprint density at radius 3 is 2.47 bits per heavy atom. The molecular formula is C14H10BrNO. The van der Waals surface area contributed by atoms with E-state index in [2.05, 4.69) is 33.0 Å². The Kier molecular flexibility index (Phi) is 2.41. The molecule has 0 atom stereocenters. The lowest BCUT2D eigenvalue weighted by Gasteiger charge is -1.97. The molecule has 17 heavy (non-hydrogen) atoms. The van der Waals surface area contributed by atoms with E-state index in [1.54, 1.807) is 12.1 Å². The number of phenolic OH excluding ortho intramolecular Hbond substituents is 1. The van der Waals surface area contributed by atoms with E-state index in [9.17, 15) is 5.11 Å². The molecule has 0 aliphatic heterocycles. The van der Waals surface area contributed by atoms with Gasteiger partial charge in [0.1, 0.15) is 5.75 Å². The first-order valence-electron chi connectivity index (χ1n) is 5.30. The van der Waals surface area contributed by atoms with E-state index in [4.69, 9.17) is 0 Å². The lowest BCUT2D eigenvalue weighted by Crippen LogP contribution is -1.75. The van der Waals surface area contributed by atoms with Crippen molar-refractivity contribution >= 4 is 26.8 Å². The predicted molar refractivity (Wildman–Crippen MR) is 73.1 cm³/mol. The first kappa shape index (κ1) is 10.4. The van der Waals surface area contributed by atoms with E-state index in [0.717, 1.165) is 21.2 Å². The number of H-pyrrole nitrogens is 1. The highest BCUT2D eigenvalue weighted by molar-refractivity contribution is 9.10. The van der Waals surface area contributed by atoms with Gasteiger partial charge in [-0.3, -0.25) is 0 Å². The van der Waals surface area contributed by atoms with Gasteiger partial charge in [-0.25, -0.2) is 0 Å². The Hall–Kier alpha value is -1.74. The normalized spacial score (nSPS) is 10.9. The zero-order chi connectivity index (χ0) is 11.8. The quantitative estimate of drug-likeness (QED) is 0.688. The molecule has 0 unspecified atom stereocenters. The van der Waals surface area contributed by atoms with Crippen LogP contribution in [-0.2, 0) is 0 Å². The number of aromatic nitrogens is 1. The molecule has 0 amide bonds. The molecule has 0 spiro atoms. The Labute approximate surface area is 107 Å². The van der Waals surface area contributed by atoms with Crippen LogP contribution in [0.5, 0.6) is 5.75 Å². The molecule has 0 radical (unpaired) electrons. The third-order valence-electron chi connectivity index (χ3n) is 2.76. The summed E-state index contributed by atoms with van der Waals surface area (Å²) in [6.07, 6.45) is 0. The van der Waals surface area contributed by atoms with Crippen molar-refractivity contribution in [2.75, 3.05) is 0 Å². The van der Waals surface area contributed by atoms with Crippen LogP contribution in [0.4, 0.5) is 0 Å². The van der Waals surface area contributed by atoms with Crippen LogP contribution in [0, 0.1) is 0 Å². The summed E-state index contributed by atoms with van der Waals surface area (Å²) in [6.45, 7) is 0. The largest absolute Gasteiger partial charge is 0.508 e. The third-order valence-corrected chi connectivity index (χ3v) is 3.25. The molecule has 0 bridgehead atoms. The summed E-state index contributed by atoms with van der Waals surface area (Å²) in [5.41, 5.74) is 3.23. The number of aromatic hydroxyl groups is 1. The Balaban J connectivity index is 2.14. The SMILES string of the molecule is Oc1ccc(-c2cc3cc(Br)ccc3[nH]2)cc1. The minimum atomic E-state index is 0.285. The maximum absolute atomic E-state index is 9.26. The van der Waals surface area contributed by atoms with E-state index < -0.39 is 0 Å². The van der Waals surface area contributed by atoms with Crippen molar-refractivity contribution in [1.82, 2.24) is 4.98 Å². The Bertz CT molecular complexity index is 670. The smallest absolute Gasteiger partial charge is 0.115 e. The lowest BCUT2D eigenvalue weighted by atomic mass is 10.1. The van der Waals surface area contributed by atoms with E-state index in [-0.39, 0.29) is 5.75 Å². The molecule has 1 aromatic heterocycles. The first-order valence-corrected chi connectivity index (χ1v) is 6.09. The average Bonchev–Trinajstić information content (AvgIpc) is 2.72. The monoisotopic (exact) mass is 287 g/mol. The van der Waals surface area contributed by atoms with Crippen LogP contribution in [0.15, 0.2) is 53.0 Å². The fourth-order valence-corrected chi connectivity index (χ4v) is 2.28. The molecule has 0 saturated heterocycles. The molecule has 1 heterocycles. The summed E-state index contributed by atoms with van der Waals surface area (Å²) < 4.78 is 1.07. The Morgan fingerprint density at radius 1 is 0.941 bits per heavy atom. The summed E-state index contributed by atoms with van der Waals surface area (Å²) in [5.74, 6) is 0.285. The second-order valence-electron chi connectivity index (χ2n) is 3.96. The van der Waals surface area contributed by atoms with Gasteiger partial charge in [0.2, 0.25) is 0 Å². The molecule has 2 aromatic carbocycles. The number of rotatable bonds is 1. The van der Waals surface area contributed by atoms with Crippen LogP contribution in [0.25, 0.3) is 22.2 Å². The van der Waals surface area contributed by atoms with Crippen molar-refractivity contribution in [3.8, 4) is 17.0 Å². The van der Waals surface area contributed by atoms with Crippen LogP contribution in [0.3, 0.4) is 0 Å². The van der Waals surface area contributed by atoms with Gasteiger partial charge in [0.15, 0.2) is 0 Å². The molecule has 3 aromatic rings. The molecule has 3 rings (SSSR count). The minimum Gasteiger partial charge on any atom is -0.508 e. The highest BCUT2D eigenvalue weighted by Gasteiger charge is 2.03. The Morgan fingerprint density at radius 2 is 1.71 bits per heavy atom. The van der Waals surface area contributed by atoms with E-state index >= 15 is 0 Å². The predicted octanol–water partition coefficient (Wildman–Crippen LogP) is 4.30. The number of hydrogen-bond acceptors (Lipinski definition) is 1. The number of fused-ring (bicyclic) bond motifs is 1. The van der Waals surface area contributed by atoms with Crippen molar-refractivity contribution in [2.24, 2.45) is 0 Å². The molecule has 2 N–H and O–H groups in total. The maximum atomic E-state index is 9.26. The van der Waals surface area contributed by atoms with E-state index in [1.165, 1.54) is 5.39 Å². The molecule has 0 fully saturated rings. The summed E-state index contributed by atoms with van der Waals surface area (Å²) in [7, 11) is 0. The van der Waals surface area contributed by atoms with Gasteiger partial charge in [-0.2, -0.15) is 0 Å². The standard InChI is InChI=1S/C14H10BrNO/c15-11-3-6-13-10(7-11)8-14(16-13)9-1-4-12(17)5-2-9/h1-8,16-17H. The topological polar surface area (TPSA) is 36.0 Å². The molecule has 3 heteroatoms. The van der Waals surface area contributed by atoms with Crippen molar-refractivity contribution in [3.05, 3.63) is 53.0 Å². The van der Waals surface area contributed by atoms with Crippen molar-refractivity contribution in [1.29, 1.82) is 0 Å². The van der Waals surface area contributed by atoms with Crippen LogP contribution in [-0.4, -0.2) is 10.1 Å². The van der Waals surface area contributed by atoms with Crippen LogP contribution >= 0.6 is 15.9 Å². The molecule has 0 saturated carbocycles. The summed E-state index contributed by atoms with van der Waals surface area (Å²) in [6, 6.07) is 15.4. The average molecular weight is 288 g/mol. The first-order chi connectivity index (χ1) is 8.22. The molecule has 0 aliphatic carbocycles. The van der Waals surface area contributed by atoms with Crippen LogP contribution in [0.1, 0.15) is 0 Å². The van der Waals surface area contributed by atoms with Crippen molar-refractivity contribution in [2.45, 2.75) is 0 Å². The van der Waals surface area contributed by atoms with Gasteiger partial charge in [-0.15, -0.1) is 0 Å². The van der Waals surface area contributed by atoms with Gasteiger partial charge in [-0.05, 0) is 54.1 Å². The lowest BCUT2D eigenvalue weighted by molar-refractivity contribution is 0.475. The second kappa shape index (κ2) is 3.93. The van der Waals surface area contributed by atoms with E-state index in [0.29, 0.717) is 0 Å². The number of phenols is 1. The number of halogens is 1. The molecular weight excluding hydrogens is 278 g/mol. The molecule has 2 nitrogen and oxygen atoms in total. The van der Waals surface area contributed by atoms with Gasteiger partial charge in [-0.1, -0.05) is 15.9 Å². The van der Waals surface area contributed by atoms with Crippen molar-refractivity contribution in [3.63, 3.8) is 0 Å². The molecule has 0 aliphatic rings. The highest BCUT2D eigenvalue weighted by atomic mass is 79.9. The maximum Gasteiger partial charge on any atom is 0.115 e. The summed E-state index contributed by atoms with van der Waals surface area (Å²) in [5, 5.41) is 10.4. The van der Waals surface area contributed by atoms with Crippen LogP contribution in [0.2, 0.25) is 0 Å². The summed E-state index contributed by atoms with van der Waals surface area (Å²) >= 11 is 3.46. The zero-order valence-corrected chi connectivity index (χ0v) is 10.5. The van der Waals surface area contributed by atoms with Crippen molar-refractivity contribution < 1.29 is 5.11 Å². The number of nitrogens with one attached hydrogen (secondary N) is 1. The fourth-order valence-electron chi connectivity index (χ4n) is 1.90. The zero-order valence-electron chi connectivity index (χ0n) is 8.94. The number of aromatic amines is 1. The number of benzene rings is 2. The highest BCUT2D eigenvalue weighted by Crippen LogP contribution is 2.27. The van der Waals surface area contributed by atoms with Gasteiger partial charge < -0.3 is 10.1 Å². The molecule has 84 valence electrons. The third kappa shape index (κ3) is 1.94. The summed E-state index contributed by atoms with van der Waals surface area (Å²) in [4.78, 5) is 3.36. The second-order valence-corrected chi connectivity index (χ2v) is 4.88. The van der Waals surface area contributed by atoms with Gasteiger partial charge in [0.25, 0.3) is 0 Å². The van der Waals surface area contributed by atoms with Gasteiger partial charge in [0, 0.05) is 21.1 Å². The van der Waals surface area contributed by atoms with Gasteiger partial charge in [0.05, 0.1) is 0 Å². The van der Waals surface area contributed by atoms with Gasteiger partial charge >= 0.3 is 0 Å².